The highest BCUT2D eigenvalue weighted by atomic mass is 16.5. The number of ether oxygens (including phenoxy) is 1. The van der Waals surface area contributed by atoms with E-state index in [0.717, 1.165) is 11.3 Å². The number of rotatable bonds is 3. The Morgan fingerprint density at radius 1 is 1.31 bits per heavy atom. The molecule has 1 aromatic carbocycles. The molecule has 0 saturated carbocycles. The van der Waals surface area contributed by atoms with Crippen molar-refractivity contribution in [3.8, 4) is 5.75 Å². The van der Waals surface area contributed by atoms with Crippen molar-refractivity contribution in [1.29, 1.82) is 0 Å². The minimum absolute atomic E-state index is 0.621. The summed E-state index contributed by atoms with van der Waals surface area (Å²) in [6, 6.07) is 7.86. The summed E-state index contributed by atoms with van der Waals surface area (Å²) in [7, 11) is 1.66. The summed E-state index contributed by atoms with van der Waals surface area (Å²) in [5.74, 6) is 0.862. The maximum atomic E-state index is 5.09. The molecular formula is C12H13N3O. The van der Waals surface area contributed by atoms with Gasteiger partial charge in [0.15, 0.2) is 0 Å². The molecule has 1 aliphatic rings. The van der Waals surface area contributed by atoms with Crippen LogP contribution >= 0.6 is 0 Å². The van der Waals surface area contributed by atoms with Crippen molar-refractivity contribution < 1.29 is 4.74 Å². The molecule has 0 fully saturated rings. The van der Waals surface area contributed by atoms with Gasteiger partial charge < -0.3 is 9.64 Å². The molecule has 16 heavy (non-hydrogen) atoms. The second-order valence-electron chi connectivity index (χ2n) is 3.31. The fraction of sp³-hybridized carbons (Fsp3) is 0.167. The van der Waals surface area contributed by atoms with Gasteiger partial charge in [-0.05, 0) is 23.8 Å². The van der Waals surface area contributed by atoms with Crippen LogP contribution in [0.4, 0.5) is 0 Å². The Labute approximate surface area is 94.6 Å². The van der Waals surface area contributed by atoms with Gasteiger partial charge in [-0.15, -0.1) is 0 Å². The molecule has 0 saturated heterocycles. The summed E-state index contributed by atoms with van der Waals surface area (Å²) >= 11 is 0. The molecule has 4 heteroatoms. The van der Waals surface area contributed by atoms with Crippen LogP contribution in [0.3, 0.4) is 0 Å². The van der Waals surface area contributed by atoms with E-state index in [9.17, 15) is 0 Å². The Morgan fingerprint density at radius 3 is 2.75 bits per heavy atom. The van der Waals surface area contributed by atoms with Crippen molar-refractivity contribution in [1.82, 2.24) is 4.90 Å². The lowest BCUT2D eigenvalue weighted by Crippen LogP contribution is -2.17. The summed E-state index contributed by atoms with van der Waals surface area (Å²) in [6.45, 7) is 0.621. The second-order valence-corrected chi connectivity index (χ2v) is 3.31. The highest BCUT2D eigenvalue weighted by Gasteiger charge is 1.95. The van der Waals surface area contributed by atoms with Gasteiger partial charge in [-0.3, -0.25) is 4.99 Å². The zero-order chi connectivity index (χ0) is 11.2. The SMILES string of the molecule is COc1ccc(C=CN2C=NC=NC2)cc1. The van der Waals surface area contributed by atoms with Gasteiger partial charge in [0, 0.05) is 6.20 Å². The number of nitrogens with zero attached hydrogens (tertiary/aromatic N) is 3. The van der Waals surface area contributed by atoms with Crippen LogP contribution in [-0.2, 0) is 0 Å². The van der Waals surface area contributed by atoms with Crippen LogP contribution in [0.1, 0.15) is 5.56 Å². The lowest BCUT2D eigenvalue weighted by molar-refractivity contribution is 0.415. The van der Waals surface area contributed by atoms with Gasteiger partial charge >= 0.3 is 0 Å². The largest absolute Gasteiger partial charge is 0.497 e. The van der Waals surface area contributed by atoms with Gasteiger partial charge in [-0.25, -0.2) is 4.99 Å². The van der Waals surface area contributed by atoms with Gasteiger partial charge in [-0.1, -0.05) is 12.1 Å². The minimum Gasteiger partial charge on any atom is -0.497 e. The van der Waals surface area contributed by atoms with E-state index in [0.29, 0.717) is 6.67 Å². The van der Waals surface area contributed by atoms with Crippen LogP contribution in [-0.4, -0.2) is 31.4 Å². The fourth-order valence-electron chi connectivity index (χ4n) is 1.31. The maximum Gasteiger partial charge on any atom is 0.118 e. The van der Waals surface area contributed by atoms with E-state index < -0.39 is 0 Å². The molecule has 0 N–H and O–H groups in total. The predicted molar refractivity (Wildman–Crippen MR) is 65.7 cm³/mol. The van der Waals surface area contributed by atoms with Gasteiger partial charge in [0.25, 0.3) is 0 Å². The first kappa shape index (κ1) is 10.4. The number of methoxy groups -OCH3 is 1. The minimum atomic E-state index is 0.621. The van der Waals surface area contributed by atoms with Crippen molar-refractivity contribution in [3.05, 3.63) is 36.0 Å². The molecule has 0 atom stereocenters. The number of benzene rings is 1. The van der Waals surface area contributed by atoms with Gasteiger partial charge in [-0.2, -0.15) is 0 Å². The summed E-state index contributed by atoms with van der Waals surface area (Å²) in [4.78, 5) is 9.87. The van der Waals surface area contributed by atoms with Crippen LogP contribution in [0.5, 0.6) is 5.75 Å². The van der Waals surface area contributed by atoms with Crippen LogP contribution in [0, 0.1) is 0 Å². The highest BCUT2D eigenvalue weighted by molar-refractivity contribution is 5.74. The van der Waals surface area contributed by atoms with E-state index in [1.54, 1.807) is 19.8 Å². The third kappa shape index (κ3) is 2.70. The van der Waals surface area contributed by atoms with Crippen LogP contribution in [0.2, 0.25) is 0 Å². The van der Waals surface area contributed by atoms with E-state index in [2.05, 4.69) is 9.98 Å². The zero-order valence-electron chi connectivity index (χ0n) is 9.08. The lowest BCUT2D eigenvalue weighted by atomic mass is 10.2. The van der Waals surface area contributed by atoms with Crippen molar-refractivity contribution in [2.45, 2.75) is 0 Å². The third-order valence-electron chi connectivity index (χ3n) is 2.18. The summed E-state index contributed by atoms with van der Waals surface area (Å²) in [6.07, 6.45) is 7.25. The monoisotopic (exact) mass is 215 g/mol. The molecule has 0 amide bonds. The number of aliphatic imine (C=N–C) groups is 2. The summed E-state index contributed by atoms with van der Waals surface area (Å²) in [5.41, 5.74) is 1.11. The van der Waals surface area contributed by atoms with Crippen molar-refractivity contribution in [2.24, 2.45) is 9.98 Å². The molecule has 4 nitrogen and oxygen atoms in total. The normalized spacial score (nSPS) is 14.7. The van der Waals surface area contributed by atoms with E-state index in [-0.39, 0.29) is 0 Å². The van der Waals surface area contributed by atoms with E-state index in [1.807, 2.05) is 41.4 Å². The fourth-order valence-corrected chi connectivity index (χ4v) is 1.31. The average Bonchev–Trinajstić information content (AvgIpc) is 2.38. The van der Waals surface area contributed by atoms with Gasteiger partial charge in [0.1, 0.15) is 18.8 Å². The molecule has 0 unspecified atom stereocenters. The molecule has 1 aliphatic heterocycles. The first-order chi connectivity index (χ1) is 7.88. The standard InChI is InChI=1S/C12H13N3O/c1-16-12-4-2-11(3-5-12)6-7-15-9-13-8-14-10-15/h2-9H,10H2,1H3. The average molecular weight is 215 g/mol. The van der Waals surface area contributed by atoms with Crippen LogP contribution < -0.4 is 4.74 Å². The van der Waals surface area contributed by atoms with Gasteiger partial charge in [0.2, 0.25) is 0 Å². The van der Waals surface area contributed by atoms with Crippen LogP contribution in [0.15, 0.2) is 40.5 Å². The maximum absolute atomic E-state index is 5.09. The molecule has 0 radical (unpaired) electrons. The Hall–Kier alpha value is -2.10. The molecule has 0 aliphatic carbocycles. The first-order valence-electron chi connectivity index (χ1n) is 4.98. The molecule has 2 rings (SSSR count). The quantitative estimate of drug-likeness (QED) is 0.773. The molecule has 0 aromatic heterocycles. The van der Waals surface area contributed by atoms with Crippen molar-refractivity contribution in [2.75, 3.05) is 13.8 Å². The Balaban J connectivity index is 2.00. The van der Waals surface area contributed by atoms with Crippen molar-refractivity contribution >= 4 is 18.8 Å². The smallest absolute Gasteiger partial charge is 0.118 e. The topological polar surface area (TPSA) is 37.2 Å². The Bertz CT molecular complexity index is 420. The zero-order valence-corrected chi connectivity index (χ0v) is 9.08. The molecule has 0 spiro atoms. The molecule has 1 heterocycles. The molecule has 82 valence electrons. The predicted octanol–water partition coefficient (Wildman–Crippen LogP) is 2.00. The molecule has 1 aromatic rings. The second kappa shape index (κ2) is 5.11. The number of hydrogen-bond acceptors (Lipinski definition) is 4. The Kier molecular flexibility index (Phi) is 3.33. The molecular weight excluding hydrogens is 202 g/mol. The lowest BCUT2D eigenvalue weighted by Gasteiger charge is -2.12. The number of hydrogen-bond donors (Lipinski definition) is 0. The third-order valence-corrected chi connectivity index (χ3v) is 2.18. The van der Waals surface area contributed by atoms with E-state index in [1.165, 1.54) is 0 Å². The first-order valence-corrected chi connectivity index (χ1v) is 4.98. The Morgan fingerprint density at radius 2 is 2.12 bits per heavy atom. The highest BCUT2D eigenvalue weighted by Crippen LogP contribution is 2.12. The van der Waals surface area contributed by atoms with Crippen LogP contribution in [0.25, 0.3) is 6.08 Å². The van der Waals surface area contributed by atoms with E-state index in [4.69, 9.17) is 4.74 Å². The van der Waals surface area contributed by atoms with Gasteiger partial charge in [0.05, 0.1) is 13.4 Å². The molecule has 0 bridgehead atoms. The summed E-state index contributed by atoms with van der Waals surface area (Å²) < 4.78 is 5.09. The summed E-state index contributed by atoms with van der Waals surface area (Å²) in [5, 5.41) is 0. The van der Waals surface area contributed by atoms with E-state index >= 15 is 0 Å². The van der Waals surface area contributed by atoms with Crippen molar-refractivity contribution in [3.63, 3.8) is 0 Å².